The topological polar surface area (TPSA) is 46.5 Å². The first-order valence-corrected chi connectivity index (χ1v) is 5.19. The molecule has 0 bridgehead atoms. The van der Waals surface area contributed by atoms with Gasteiger partial charge in [0.15, 0.2) is 0 Å². The van der Waals surface area contributed by atoms with Crippen LogP contribution in [0.15, 0.2) is 12.7 Å². The average Bonchev–Trinajstić information content (AvgIpc) is 2.03. The van der Waals surface area contributed by atoms with Gasteiger partial charge in [0, 0.05) is 11.5 Å². The summed E-state index contributed by atoms with van der Waals surface area (Å²) in [6.45, 7) is 6.63. The van der Waals surface area contributed by atoms with E-state index in [0.29, 0.717) is 0 Å². The Kier molecular flexibility index (Phi) is 4.62. The summed E-state index contributed by atoms with van der Waals surface area (Å²) in [5, 5.41) is 9.04. The van der Waals surface area contributed by atoms with Crippen molar-refractivity contribution < 1.29 is 14.6 Å². The fourth-order valence-electron chi connectivity index (χ4n) is 0.398. The van der Waals surface area contributed by atoms with E-state index in [9.17, 15) is 4.79 Å². The summed E-state index contributed by atoms with van der Waals surface area (Å²) in [5.74, 6) is -0.560. The molecule has 0 saturated heterocycles. The van der Waals surface area contributed by atoms with E-state index >= 15 is 0 Å². The van der Waals surface area contributed by atoms with E-state index in [1.807, 2.05) is 0 Å². The van der Waals surface area contributed by atoms with Crippen molar-refractivity contribution in [1.29, 1.82) is 0 Å². The smallest absolute Gasteiger partial charge is 0.332 e. The van der Waals surface area contributed by atoms with Crippen LogP contribution >= 0.6 is 31.9 Å². The predicted octanol–water partition coefficient (Wildman–Crippen LogP) is 2.18. The molecular formula is C8H12Br2O3. The van der Waals surface area contributed by atoms with E-state index in [1.165, 1.54) is 0 Å². The molecule has 0 radical (unpaired) electrons. The second kappa shape index (κ2) is 4.57. The molecule has 0 atom stereocenters. The van der Waals surface area contributed by atoms with Crippen molar-refractivity contribution in [3.63, 3.8) is 0 Å². The Morgan fingerprint density at radius 1 is 1.62 bits per heavy atom. The van der Waals surface area contributed by atoms with Gasteiger partial charge >= 0.3 is 5.97 Å². The van der Waals surface area contributed by atoms with Crippen molar-refractivity contribution >= 4 is 37.8 Å². The predicted molar refractivity (Wildman–Crippen MR) is 57.7 cm³/mol. The van der Waals surface area contributed by atoms with Crippen LogP contribution in [0.25, 0.3) is 0 Å². The lowest BCUT2D eigenvalue weighted by Gasteiger charge is -2.35. The van der Waals surface area contributed by atoms with Gasteiger partial charge < -0.3 is 9.84 Å². The van der Waals surface area contributed by atoms with Crippen LogP contribution in [0.1, 0.15) is 13.8 Å². The maximum absolute atomic E-state index is 10.9. The first-order valence-electron chi connectivity index (χ1n) is 3.61. The van der Waals surface area contributed by atoms with Crippen molar-refractivity contribution in [2.75, 3.05) is 6.61 Å². The Morgan fingerprint density at radius 3 is 2.38 bits per heavy atom. The quantitative estimate of drug-likeness (QED) is 0.491. The van der Waals surface area contributed by atoms with Crippen molar-refractivity contribution in [2.45, 2.75) is 17.3 Å². The number of alkyl halides is 2. The van der Waals surface area contributed by atoms with Gasteiger partial charge in [0.1, 0.15) is 0 Å². The number of halogens is 2. The van der Waals surface area contributed by atoms with E-state index in [0.717, 1.165) is 6.08 Å². The fourth-order valence-corrected chi connectivity index (χ4v) is 0.968. The highest BCUT2D eigenvalue weighted by Gasteiger charge is 2.43. The van der Waals surface area contributed by atoms with Crippen molar-refractivity contribution in [1.82, 2.24) is 0 Å². The van der Waals surface area contributed by atoms with E-state index in [-0.39, 0.29) is 6.61 Å². The summed E-state index contributed by atoms with van der Waals surface area (Å²) in [5.41, 5.74) is -0.633. The Morgan fingerprint density at radius 2 is 2.08 bits per heavy atom. The number of esters is 1. The Labute approximate surface area is 94.4 Å². The Balaban J connectivity index is 4.56. The normalized spacial score (nSPS) is 12.4. The number of hydrogen-bond donors (Lipinski definition) is 1. The molecule has 0 aromatic heterocycles. The number of carbonyl (C=O) groups is 1. The first-order chi connectivity index (χ1) is 5.77. The maximum Gasteiger partial charge on any atom is 0.332 e. The third-order valence-electron chi connectivity index (χ3n) is 1.58. The van der Waals surface area contributed by atoms with Crippen LogP contribution < -0.4 is 0 Å². The molecular weight excluding hydrogens is 304 g/mol. The number of ether oxygens (including phenoxy) is 1. The van der Waals surface area contributed by atoms with Gasteiger partial charge in [-0.2, -0.15) is 0 Å². The van der Waals surface area contributed by atoms with E-state index in [4.69, 9.17) is 9.84 Å². The minimum Gasteiger partial charge on any atom is -0.433 e. The molecule has 0 unspecified atom stereocenters. The lowest BCUT2D eigenvalue weighted by Crippen LogP contribution is -2.40. The zero-order valence-electron chi connectivity index (χ0n) is 7.51. The number of carbonyl (C=O) groups excluding carboxylic acids is 1. The third-order valence-corrected chi connectivity index (χ3v) is 4.05. The number of aliphatic hydroxyl groups excluding tert-OH is 1. The standard InChI is InChI=1S/C8H12Br2O3/c1-4-6(12)13-8(9,10)7(2,3)5-11/h4,11H,1,5H2,2-3H3. The molecule has 5 heteroatoms. The van der Waals surface area contributed by atoms with Crippen LogP contribution in [0.4, 0.5) is 0 Å². The fraction of sp³-hybridized carbons (Fsp3) is 0.625. The third kappa shape index (κ3) is 3.40. The van der Waals surface area contributed by atoms with Gasteiger partial charge in [-0.05, 0) is 31.9 Å². The molecule has 0 rings (SSSR count). The molecule has 76 valence electrons. The maximum atomic E-state index is 10.9. The van der Waals surface area contributed by atoms with E-state index < -0.39 is 14.8 Å². The number of hydrogen-bond acceptors (Lipinski definition) is 3. The monoisotopic (exact) mass is 314 g/mol. The summed E-state index contributed by atoms with van der Waals surface area (Å²) < 4.78 is 3.88. The molecule has 0 spiro atoms. The van der Waals surface area contributed by atoms with Crippen molar-refractivity contribution in [3.05, 3.63) is 12.7 Å². The summed E-state index contributed by atoms with van der Waals surface area (Å²) in [6, 6.07) is 0. The van der Waals surface area contributed by atoms with Crippen LogP contribution in [-0.4, -0.2) is 21.1 Å². The molecule has 0 aliphatic heterocycles. The lowest BCUT2D eigenvalue weighted by atomic mass is 9.96. The van der Waals surface area contributed by atoms with Crippen LogP contribution in [0.3, 0.4) is 0 Å². The molecule has 0 aromatic rings. The highest BCUT2D eigenvalue weighted by Crippen LogP contribution is 2.44. The minimum absolute atomic E-state index is 0.131. The second-order valence-corrected chi connectivity index (χ2v) is 6.48. The SMILES string of the molecule is C=CC(=O)OC(Br)(Br)C(C)(C)CO. The van der Waals surface area contributed by atoms with Gasteiger partial charge in [-0.25, -0.2) is 4.79 Å². The van der Waals surface area contributed by atoms with Crippen molar-refractivity contribution in [2.24, 2.45) is 5.41 Å². The molecule has 0 amide bonds. The molecule has 0 fully saturated rings. The molecule has 13 heavy (non-hydrogen) atoms. The van der Waals surface area contributed by atoms with E-state index in [1.54, 1.807) is 13.8 Å². The van der Waals surface area contributed by atoms with Gasteiger partial charge in [-0.15, -0.1) is 0 Å². The summed E-state index contributed by atoms with van der Waals surface area (Å²) in [4.78, 5) is 10.9. The summed E-state index contributed by atoms with van der Waals surface area (Å²) in [7, 11) is 0. The van der Waals surface area contributed by atoms with Gasteiger partial charge in [-0.1, -0.05) is 20.4 Å². The second-order valence-electron chi connectivity index (χ2n) is 3.18. The van der Waals surface area contributed by atoms with Crippen LogP contribution in [0, 0.1) is 5.41 Å². The largest absolute Gasteiger partial charge is 0.433 e. The van der Waals surface area contributed by atoms with Gasteiger partial charge in [0.25, 0.3) is 0 Å². The zero-order valence-corrected chi connectivity index (χ0v) is 10.7. The van der Waals surface area contributed by atoms with Crippen LogP contribution in [-0.2, 0) is 9.53 Å². The van der Waals surface area contributed by atoms with Gasteiger partial charge in [-0.3, -0.25) is 0 Å². The molecule has 0 heterocycles. The molecule has 3 nitrogen and oxygen atoms in total. The van der Waals surface area contributed by atoms with E-state index in [2.05, 4.69) is 38.4 Å². The highest BCUT2D eigenvalue weighted by atomic mass is 79.9. The summed E-state index contributed by atoms with van der Waals surface area (Å²) >= 11 is 6.34. The molecule has 0 aromatic carbocycles. The minimum atomic E-state index is -1.08. The van der Waals surface area contributed by atoms with Gasteiger partial charge in [0.2, 0.25) is 3.42 Å². The molecule has 1 N–H and O–H groups in total. The van der Waals surface area contributed by atoms with Gasteiger partial charge in [0.05, 0.1) is 6.61 Å². The first kappa shape index (κ1) is 13.1. The molecule has 0 aliphatic rings. The number of aliphatic hydroxyl groups is 1. The van der Waals surface area contributed by atoms with Crippen LogP contribution in [0.2, 0.25) is 0 Å². The average molecular weight is 316 g/mol. The lowest BCUT2D eigenvalue weighted by molar-refractivity contribution is -0.145. The zero-order chi connectivity index (χ0) is 10.7. The molecule has 0 aliphatic carbocycles. The molecule has 0 saturated carbocycles. The highest BCUT2D eigenvalue weighted by molar-refractivity contribution is 9.25. The summed E-state index contributed by atoms with van der Waals surface area (Å²) in [6.07, 6.45) is 1.06. The number of rotatable bonds is 4. The Bertz CT molecular complexity index is 211. The Hall–Kier alpha value is 0.130. The van der Waals surface area contributed by atoms with Crippen LogP contribution in [0.5, 0.6) is 0 Å². The van der Waals surface area contributed by atoms with Crippen molar-refractivity contribution in [3.8, 4) is 0 Å².